The summed E-state index contributed by atoms with van der Waals surface area (Å²) in [6, 6.07) is 9.77. The van der Waals surface area contributed by atoms with Crippen LogP contribution in [0.25, 0.3) is 0 Å². The van der Waals surface area contributed by atoms with Crippen LogP contribution in [0.15, 0.2) is 42.5 Å². The van der Waals surface area contributed by atoms with Crippen molar-refractivity contribution in [1.82, 2.24) is 4.90 Å². The van der Waals surface area contributed by atoms with Crippen molar-refractivity contribution in [3.05, 3.63) is 48.0 Å². The molecule has 1 amide bonds. The van der Waals surface area contributed by atoms with Crippen molar-refractivity contribution in [2.75, 3.05) is 6.61 Å². The Bertz CT molecular complexity index is 569. The summed E-state index contributed by atoms with van der Waals surface area (Å²) < 4.78 is 5.84. The van der Waals surface area contributed by atoms with Crippen molar-refractivity contribution in [3.63, 3.8) is 0 Å². The van der Waals surface area contributed by atoms with Gasteiger partial charge in [-0.15, -0.1) is 0 Å². The van der Waals surface area contributed by atoms with Crippen LogP contribution in [-0.2, 0) is 19.3 Å². The first kappa shape index (κ1) is 15.2. The molecule has 0 aliphatic carbocycles. The molecule has 0 aromatic heterocycles. The lowest BCUT2D eigenvalue weighted by molar-refractivity contribution is -0.331. The molecule has 0 spiro atoms. The van der Waals surface area contributed by atoms with Gasteiger partial charge in [0.05, 0.1) is 12.6 Å². The summed E-state index contributed by atoms with van der Waals surface area (Å²) in [5, 5.41) is 0. The average Bonchev–Trinajstić information content (AvgIpc) is 2.83. The summed E-state index contributed by atoms with van der Waals surface area (Å²) in [5.74, 6) is -0.153. The van der Waals surface area contributed by atoms with E-state index in [-0.39, 0.29) is 18.1 Å². The van der Waals surface area contributed by atoms with Crippen LogP contribution < -0.4 is 0 Å². The monoisotopic (exact) mass is 303 g/mol. The third-order valence-electron chi connectivity index (χ3n) is 4.02. The first-order valence-electron chi connectivity index (χ1n) is 7.51. The Morgan fingerprint density at radius 2 is 1.91 bits per heavy atom. The number of rotatable bonds is 2. The molecule has 5 nitrogen and oxygen atoms in total. The topological polar surface area (TPSA) is 48.0 Å². The van der Waals surface area contributed by atoms with E-state index < -0.39 is 11.8 Å². The van der Waals surface area contributed by atoms with Crippen molar-refractivity contribution < 1.29 is 19.3 Å². The molecule has 0 N–H and O–H groups in total. The highest BCUT2D eigenvalue weighted by Crippen LogP contribution is 2.37. The second-order valence-corrected chi connectivity index (χ2v) is 6.10. The fourth-order valence-corrected chi connectivity index (χ4v) is 2.87. The van der Waals surface area contributed by atoms with Crippen molar-refractivity contribution in [1.29, 1.82) is 0 Å². The third-order valence-corrected chi connectivity index (χ3v) is 4.02. The molecule has 0 bridgehead atoms. The van der Waals surface area contributed by atoms with Crippen LogP contribution in [-0.4, -0.2) is 35.3 Å². The summed E-state index contributed by atoms with van der Waals surface area (Å²) in [6.45, 7) is 6.11. The molecular formula is C17H21NO4. The second kappa shape index (κ2) is 5.83. The molecule has 3 atom stereocenters. The lowest BCUT2D eigenvalue weighted by Gasteiger charge is -2.36. The summed E-state index contributed by atoms with van der Waals surface area (Å²) in [5.41, 5.74) is 0.369. The maximum absolute atomic E-state index is 12.9. The maximum Gasteiger partial charge on any atom is 0.261 e. The Morgan fingerprint density at radius 1 is 1.18 bits per heavy atom. The van der Waals surface area contributed by atoms with Gasteiger partial charge in [-0.2, -0.15) is 0 Å². The second-order valence-electron chi connectivity index (χ2n) is 6.10. The first-order valence-corrected chi connectivity index (χ1v) is 7.51. The SMILES string of the molecule is C[C@H]1C=C[C@@H](C(=O)N2[C@@H](c3ccccc3)COC2(C)C)OO1. The molecule has 2 aliphatic rings. The fourth-order valence-electron chi connectivity index (χ4n) is 2.87. The molecule has 5 heteroatoms. The number of carbonyl (C=O) groups is 1. The Morgan fingerprint density at radius 3 is 2.55 bits per heavy atom. The zero-order chi connectivity index (χ0) is 15.7. The fraction of sp³-hybridized carbons (Fsp3) is 0.471. The Hall–Kier alpha value is -1.69. The average molecular weight is 303 g/mol. The van der Waals surface area contributed by atoms with Crippen molar-refractivity contribution in [2.24, 2.45) is 0 Å². The van der Waals surface area contributed by atoms with Gasteiger partial charge in [-0.3, -0.25) is 4.79 Å². The van der Waals surface area contributed by atoms with E-state index >= 15 is 0 Å². The standard InChI is InChI=1S/C17H21NO4/c1-12-9-10-15(22-21-12)16(19)18-14(11-20-17(18,2)3)13-7-5-4-6-8-13/h4-10,12,14-15H,11H2,1-3H3/t12-,14+,15-/m0/s1. The van der Waals surface area contributed by atoms with E-state index in [0.717, 1.165) is 5.56 Å². The number of benzene rings is 1. The van der Waals surface area contributed by atoms with E-state index in [1.54, 1.807) is 11.0 Å². The van der Waals surface area contributed by atoms with E-state index in [1.807, 2.05) is 57.2 Å². The molecule has 3 rings (SSSR count). The van der Waals surface area contributed by atoms with Gasteiger partial charge in [0.1, 0.15) is 11.8 Å². The van der Waals surface area contributed by atoms with E-state index in [0.29, 0.717) is 6.61 Å². The zero-order valence-electron chi connectivity index (χ0n) is 13.1. The van der Waals surface area contributed by atoms with E-state index in [9.17, 15) is 4.79 Å². The number of carbonyl (C=O) groups excluding carboxylic acids is 1. The molecule has 2 aliphatic heterocycles. The number of ether oxygens (including phenoxy) is 1. The molecule has 118 valence electrons. The Balaban J connectivity index is 1.87. The Kier molecular flexibility index (Phi) is 4.04. The molecule has 22 heavy (non-hydrogen) atoms. The summed E-state index contributed by atoms with van der Waals surface area (Å²) in [7, 11) is 0. The smallest absolute Gasteiger partial charge is 0.261 e. The van der Waals surface area contributed by atoms with Crippen LogP contribution in [0, 0.1) is 0 Å². The summed E-state index contributed by atoms with van der Waals surface area (Å²) >= 11 is 0. The normalized spacial score (nSPS) is 30.5. The largest absolute Gasteiger partial charge is 0.354 e. The van der Waals surface area contributed by atoms with Crippen molar-refractivity contribution in [3.8, 4) is 0 Å². The molecule has 1 aromatic carbocycles. The minimum absolute atomic E-state index is 0.125. The van der Waals surface area contributed by atoms with E-state index in [2.05, 4.69) is 0 Å². The van der Waals surface area contributed by atoms with Gasteiger partial charge in [0, 0.05) is 0 Å². The van der Waals surface area contributed by atoms with Gasteiger partial charge < -0.3 is 9.64 Å². The van der Waals surface area contributed by atoms with E-state index in [4.69, 9.17) is 14.5 Å². The Labute approximate surface area is 130 Å². The lowest BCUT2D eigenvalue weighted by atomic mass is 10.0. The highest BCUT2D eigenvalue weighted by molar-refractivity contribution is 5.84. The van der Waals surface area contributed by atoms with Gasteiger partial charge in [-0.25, -0.2) is 9.78 Å². The van der Waals surface area contributed by atoms with Crippen LogP contribution >= 0.6 is 0 Å². The summed E-state index contributed by atoms with van der Waals surface area (Å²) in [6.07, 6.45) is 2.70. The van der Waals surface area contributed by atoms with Gasteiger partial charge >= 0.3 is 0 Å². The van der Waals surface area contributed by atoms with Gasteiger partial charge in [0.15, 0.2) is 6.10 Å². The highest BCUT2D eigenvalue weighted by Gasteiger charge is 2.46. The molecule has 2 heterocycles. The first-order chi connectivity index (χ1) is 10.5. The minimum atomic E-state index is -0.733. The number of hydrogen-bond acceptors (Lipinski definition) is 4. The summed E-state index contributed by atoms with van der Waals surface area (Å²) in [4.78, 5) is 25.0. The number of amides is 1. The zero-order valence-corrected chi connectivity index (χ0v) is 13.1. The molecule has 0 radical (unpaired) electrons. The van der Waals surface area contributed by atoms with Gasteiger partial charge in [-0.1, -0.05) is 36.4 Å². The molecule has 0 unspecified atom stereocenters. The molecule has 0 saturated carbocycles. The number of hydrogen-bond donors (Lipinski definition) is 0. The molecule has 1 saturated heterocycles. The maximum atomic E-state index is 12.9. The van der Waals surface area contributed by atoms with Crippen LogP contribution in [0.1, 0.15) is 32.4 Å². The predicted molar refractivity (Wildman–Crippen MR) is 80.6 cm³/mol. The van der Waals surface area contributed by atoms with Crippen LogP contribution in [0.4, 0.5) is 0 Å². The molecular weight excluding hydrogens is 282 g/mol. The van der Waals surface area contributed by atoms with Crippen molar-refractivity contribution in [2.45, 2.75) is 44.7 Å². The van der Waals surface area contributed by atoms with Crippen LogP contribution in [0.3, 0.4) is 0 Å². The third kappa shape index (κ3) is 2.79. The van der Waals surface area contributed by atoms with Crippen LogP contribution in [0.5, 0.6) is 0 Å². The predicted octanol–water partition coefficient (Wildman–Crippen LogP) is 2.60. The lowest BCUT2D eigenvalue weighted by Crippen LogP contribution is -2.50. The van der Waals surface area contributed by atoms with Gasteiger partial charge in [-0.05, 0) is 32.4 Å². The quantitative estimate of drug-likeness (QED) is 0.622. The van der Waals surface area contributed by atoms with Gasteiger partial charge in [0.25, 0.3) is 5.91 Å². The minimum Gasteiger partial charge on any atom is -0.354 e. The van der Waals surface area contributed by atoms with Crippen molar-refractivity contribution >= 4 is 5.91 Å². The highest BCUT2D eigenvalue weighted by atomic mass is 17.2. The molecule has 1 aromatic rings. The molecule has 1 fully saturated rings. The van der Waals surface area contributed by atoms with Crippen LogP contribution in [0.2, 0.25) is 0 Å². The number of nitrogens with zero attached hydrogens (tertiary/aromatic N) is 1. The van der Waals surface area contributed by atoms with Gasteiger partial charge in [0.2, 0.25) is 0 Å². The van der Waals surface area contributed by atoms with E-state index in [1.165, 1.54) is 0 Å².